The second-order valence-electron chi connectivity index (χ2n) is 3.91. The van der Waals surface area contributed by atoms with Crippen LogP contribution < -0.4 is 10.6 Å². The summed E-state index contributed by atoms with van der Waals surface area (Å²) in [6.45, 7) is 1.26. The van der Waals surface area contributed by atoms with E-state index in [4.69, 9.17) is 16.7 Å². The molecular formula is C12H13ClN2O4. The van der Waals surface area contributed by atoms with Gasteiger partial charge in [0.05, 0.1) is 0 Å². The van der Waals surface area contributed by atoms with Crippen molar-refractivity contribution in [2.45, 2.75) is 19.4 Å². The number of amides is 2. The van der Waals surface area contributed by atoms with Crippen molar-refractivity contribution in [2.75, 3.05) is 5.32 Å². The molecule has 0 aliphatic carbocycles. The van der Waals surface area contributed by atoms with Gasteiger partial charge in [0, 0.05) is 17.1 Å². The Bertz CT molecular complexity index is 504. The van der Waals surface area contributed by atoms with Gasteiger partial charge in [0.15, 0.2) is 0 Å². The van der Waals surface area contributed by atoms with Crippen molar-refractivity contribution in [1.82, 2.24) is 5.32 Å². The van der Waals surface area contributed by atoms with E-state index >= 15 is 0 Å². The minimum Gasteiger partial charge on any atom is -0.480 e. The van der Waals surface area contributed by atoms with Gasteiger partial charge in [-0.15, -0.1) is 0 Å². The summed E-state index contributed by atoms with van der Waals surface area (Å²) in [4.78, 5) is 33.3. The molecule has 1 aromatic rings. The van der Waals surface area contributed by atoms with Gasteiger partial charge in [-0.05, 0) is 25.1 Å². The van der Waals surface area contributed by atoms with E-state index in [2.05, 4.69) is 10.6 Å². The molecule has 0 bridgehead atoms. The van der Waals surface area contributed by atoms with E-state index in [9.17, 15) is 14.4 Å². The molecule has 19 heavy (non-hydrogen) atoms. The Morgan fingerprint density at radius 2 is 2.05 bits per heavy atom. The number of benzene rings is 1. The lowest BCUT2D eigenvalue weighted by molar-refractivity contribution is -0.140. The number of aliphatic carboxylic acids is 1. The molecule has 1 atom stereocenters. The third kappa shape index (κ3) is 5.39. The summed E-state index contributed by atoms with van der Waals surface area (Å²) in [5.41, 5.74) is 0.428. The van der Waals surface area contributed by atoms with Gasteiger partial charge in [0.25, 0.3) is 0 Å². The summed E-state index contributed by atoms with van der Waals surface area (Å²) in [6, 6.07) is 4.43. The number of hydrogen-bond acceptors (Lipinski definition) is 3. The monoisotopic (exact) mass is 284 g/mol. The molecular weight excluding hydrogens is 272 g/mol. The van der Waals surface area contributed by atoms with Crippen LogP contribution in [-0.4, -0.2) is 28.9 Å². The first-order valence-electron chi connectivity index (χ1n) is 5.44. The number of halogens is 1. The fourth-order valence-electron chi connectivity index (χ4n) is 1.38. The van der Waals surface area contributed by atoms with Gasteiger partial charge in [-0.25, -0.2) is 9.59 Å². The molecule has 0 aliphatic heterocycles. The van der Waals surface area contributed by atoms with Crippen LogP contribution in [0.2, 0.25) is 5.02 Å². The van der Waals surface area contributed by atoms with Crippen molar-refractivity contribution < 1.29 is 19.5 Å². The Balaban J connectivity index is 2.62. The number of anilines is 1. The van der Waals surface area contributed by atoms with E-state index in [1.54, 1.807) is 18.2 Å². The van der Waals surface area contributed by atoms with E-state index in [0.29, 0.717) is 10.7 Å². The lowest BCUT2D eigenvalue weighted by Gasteiger charge is -2.13. The fraction of sp³-hybridized carbons (Fsp3) is 0.250. The zero-order chi connectivity index (χ0) is 14.4. The Kier molecular flexibility index (Phi) is 5.32. The van der Waals surface area contributed by atoms with Gasteiger partial charge in [-0.3, -0.25) is 4.79 Å². The third-order valence-electron chi connectivity index (χ3n) is 2.18. The van der Waals surface area contributed by atoms with Crippen LogP contribution in [0.5, 0.6) is 0 Å². The van der Waals surface area contributed by atoms with Crippen molar-refractivity contribution >= 4 is 35.1 Å². The molecule has 7 heteroatoms. The highest BCUT2D eigenvalue weighted by molar-refractivity contribution is 6.30. The van der Waals surface area contributed by atoms with Crippen molar-refractivity contribution in [3.05, 3.63) is 29.3 Å². The molecule has 1 unspecified atom stereocenters. The minimum absolute atomic E-state index is 0.266. The Labute approximate surface area is 114 Å². The molecule has 0 saturated heterocycles. The highest BCUT2D eigenvalue weighted by Gasteiger charge is 2.21. The Morgan fingerprint density at radius 1 is 1.37 bits per heavy atom. The summed E-state index contributed by atoms with van der Waals surface area (Å²) in [7, 11) is 0. The van der Waals surface area contributed by atoms with Gasteiger partial charge in [0.2, 0.25) is 0 Å². The second-order valence-corrected chi connectivity index (χ2v) is 4.34. The largest absolute Gasteiger partial charge is 0.480 e. The molecule has 0 fully saturated rings. The van der Waals surface area contributed by atoms with E-state index in [0.717, 1.165) is 0 Å². The van der Waals surface area contributed by atoms with Gasteiger partial charge in [-0.1, -0.05) is 17.7 Å². The van der Waals surface area contributed by atoms with E-state index in [1.165, 1.54) is 13.0 Å². The fourth-order valence-corrected chi connectivity index (χ4v) is 1.57. The molecule has 2 amide bonds. The van der Waals surface area contributed by atoms with Crippen molar-refractivity contribution in [3.63, 3.8) is 0 Å². The predicted molar refractivity (Wildman–Crippen MR) is 70.3 cm³/mol. The second kappa shape index (κ2) is 6.75. The Hall–Kier alpha value is -2.08. The highest BCUT2D eigenvalue weighted by atomic mass is 35.5. The zero-order valence-electron chi connectivity index (χ0n) is 10.1. The topological polar surface area (TPSA) is 95.5 Å². The SMILES string of the molecule is CC(=O)CC(NC(=O)Nc1cccc(Cl)c1)C(=O)O. The van der Waals surface area contributed by atoms with Gasteiger partial charge >= 0.3 is 12.0 Å². The summed E-state index contributed by atoms with van der Waals surface area (Å²) in [5.74, 6) is -1.59. The lowest BCUT2D eigenvalue weighted by atomic mass is 10.1. The van der Waals surface area contributed by atoms with Gasteiger partial charge in [-0.2, -0.15) is 0 Å². The van der Waals surface area contributed by atoms with Crippen molar-refractivity contribution in [2.24, 2.45) is 0 Å². The van der Waals surface area contributed by atoms with Crippen LogP contribution in [0.3, 0.4) is 0 Å². The molecule has 102 valence electrons. The first kappa shape index (κ1) is 15.0. The first-order chi connectivity index (χ1) is 8.88. The van der Waals surface area contributed by atoms with E-state index in [1.807, 2.05) is 0 Å². The zero-order valence-corrected chi connectivity index (χ0v) is 10.9. The molecule has 0 heterocycles. The lowest BCUT2D eigenvalue weighted by Crippen LogP contribution is -2.44. The molecule has 1 aromatic carbocycles. The standard InChI is InChI=1S/C12H13ClN2O4/c1-7(16)5-10(11(17)18)15-12(19)14-9-4-2-3-8(13)6-9/h2-4,6,10H,5H2,1H3,(H,17,18)(H2,14,15,19). The summed E-state index contributed by atoms with van der Waals surface area (Å²) < 4.78 is 0. The molecule has 0 aliphatic rings. The number of carboxylic acid groups (broad SMARTS) is 1. The van der Waals surface area contributed by atoms with E-state index < -0.39 is 18.0 Å². The number of carbonyl (C=O) groups excluding carboxylic acids is 2. The molecule has 0 spiro atoms. The predicted octanol–water partition coefficient (Wildman–Crippen LogP) is 1.89. The maximum atomic E-state index is 11.6. The van der Waals surface area contributed by atoms with Crippen LogP contribution in [0.1, 0.15) is 13.3 Å². The summed E-state index contributed by atoms with van der Waals surface area (Å²) in [6.07, 6.45) is -0.266. The average Bonchev–Trinajstić information content (AvgIpc) is 2.27. The van der Waals surface area contributed by atoms with Crippen LogP contribution in [0, 0.1) is 0 Å². The number of carbonyl (C=O) groups is 3. The first-order valence-corrected chi connectivity index (χ1v) is 5.81. The number of Topliss-reactive ketones (excluding diaryl/α,β-unsaturated/α-hetero) is 1. The number of carboxylic acids is 1. The molecule has 0 radical (unpaired) electrons. The maximum absolute atomic E-state index is 11.6. The minimum atomic E-state index is -1.27. The quantitative estimate of drug-likeness (QED) is 0.769. The van der Waals surface area contributed by atoms with Crippen LogP contribution in [-0.2, 0) is 9.59 Å². The smallest absolute Gasteiger partial charge is 0.326 e. The molecule has 3 N–H and O–H groups in total. The van der Waals surface area contributed by atoms with Gasteiger partial charge in [0.1, 0.15) is 11.8 Å². The average molecular weight is 285 g/mol. The highest BCUT2D eigenvalue weighted by Crippen LogP contribution is 2.14. The molecule has 0 saturated carbocycles. The summed E-state index contributed by atoms with van der Waals surface area (Å²) >= 11 is 5.74. The van der Waals surface area contributed by atoms with Crippen LogP contribution in [0.15, 0.2) is 24.3 Å². The van der Waals surface area contributed by atoms with Crippen LogP contribution in [0.25, 0.3) is 0 Å². The number of hydrogen-bond donors (Lipinski definition) is 3. The number of ketones is 1. The number of nitrogens with one attached hydrogen (secondary N) is 2. The normalized spacial score (nSPS) is 11.5. The molecule has 6 nitrogen and oxygen atoms in total. The van der Waals surface area contributed by atoms with Crippen molar-refractivity contribution in [3.8, 4) is 0 Å². The molecule has 1 rings (SSSR count). The Morgan fingerprint density at radius 3 is 2.58 bits per heavy atom. The third-order valence-corrected chi connectivity index (χ3v) is 2.41. The van der Waals surface area contributed by atoms with Crippen molar-refractivity contribution in [1.29, 1.82) is 0 Å². The molecule has 0 aromatic heterocycles. The van der Waals surface area contributed by atoms with Crippen LogP contribution in [0.4, 0.5) is 10.5 Å². The number of urea groups is 1. The van der Waals surface area contributed by atoms with Crippen LogP contribution >= 0.6 is 11.6 Å². The van der Waals surface area contributed by atoms with Gasteiger partial charge < -0.3 is 15.7 Å². The number of rotatable bonds is 5. The maximum Gasteiger partial charge on any atom is 0.326 e. The van der Waals surface area contributed by atoms with E-state index in [-0.39, 0.29) is 12.2 Å². The summed E-state index contributed by atoms with van der Waals surface area (Å²) in [5, 5.41) is 13.9.